The fourth-order valence-corrected chi connectivity index (χ4v) is 2.62. The zero-order valence-corrected chi connectivity index (χ0v) is 13.3. The molecule has 0 atom stereocenters. The van der Waals surface area contributed by atoms with Crippen molar-refractivity contribution in [1.82, 2.24) is 9.97 Å². The van der Waals surface area contributed by atoms with Crippen molar-refractivity contribution in [2.24, 2.45) is 0 Å². The quantitative estimate of drug-likeness (QED) is 0.613. The van der Waals surface area contributed by atoms with Crippen LogP contribution in [0.4, 0.5) is 5.69 Å². The largest absolute Gasteiger partial charge is 0.436 e. The molecule has 122 valence electrons. The molecular formula is C20H15N3O2. The van der Waals surface area contributed by atoms with Crippen molar-refractivity contribution < 1.29 is 9.21 Å². The van der Waals surface area contributed by atoms with Gasteiger partial charge in [-0.15, -0.1) is 0 Å². The van der Waals surface area contributed by atoms with E-state index in [9.17, 15) is 4.79 Å². The summed E-state index contributed by atoms with van der Waals surface area (Å²) in [6.45, 7) is 0. The molecule has 4 aromatic rings. The number of carbonyl (C=O) groups excluding carboxylic acids is 1. The third-order valence-electron chi connectivity index (χ3n) is 3.79. The van der Waals surface area contributed by atoms with Gasteiger partial charge in [0.15, 0.2) is 5.58 Å². The normalized spacial score (nSPS) is 10.7. The monoisotopic (exact) mass is 329 g/mol. The third-order valence-corrected chi connectivity index (χ3v) is 3.79. The van der Waals surface area contributed by atoms with E-state index in [4.69, 9.17) is 4.42 Å². The average molecular weight is 329 g/mol. The predicted octanol–water partition coefficient (Wildman–Crippen LogP) is 4.07. The van der Waals surface area contributed by atoms with E-state index >= 15 is 0 Å². The van der Waals surface area contributed by atoms with E-state index in [1.165, 1.54) is 0 Å². The van der Waals surface area contributed by atoms with Crippen LogP contribution in [-0.2, 0) is 11.2 Å². The van der Waals surface area contributed by atoms with Crippen LogP contribution in [0.1, 0.15) is 5.56 Å². The van der Waals surface area contributed by atoms with Crippen LogP contribution in [0.15, 0.2) is 77.5 Å². The molecule has 1 amide bonds. The second-order valence-electron chi connectivity index (χ2n) is 5.65. The summed E-state index contributed by atoms with van der Waals surface area (Å²) in [6.07, 6.45) is 3.66. The lowest BCUT2D eigenvalue weighted by Gasteiger charge is -2.06. The number of pyridine rings is 1. The van der Waals surface area contributed by atoms with Crippen molar-refractivity contribution in [3.63, 3.8) is 0 Å². The molecule has 0 fully saturated rings. The first kappa shape index (κ1) is 15.1. The highest BCUT2D eigenvalue weighted by molar-refractivity contribution is 5.92. The topological polar surface area (TPSA) is 68.0 Å². The van der Waals surface area contributed by atoms with Gasteiger partial charge in [0.05, 0.1) is 12.6 Å². The SMILES string of the molecule is O=C(Cc1ccccc1)Nc1cccc(-c2nc3cnccc3o2)c1. The van der Waals surface area contributed by atoms with Crippen LogP contribution in [0.5, 0.6) is 0 Å². The zero-order valence-electron chi connectivity index (χ0n) is 13.3. The molecule has 0 aliphatic rings. The molecule has 5 nitrogen and oxygen atoms in total. The predicted molar refractivity (Wildman–Crippen MR) is 96.0 cm³/mol. The molecule has 0 spiro atoms. The summed E-state index contributed by atoms with van der Waals surface area (Å²) >= 11 is 0. The standard InChI is InChI=1S/C20H15N3O2/c24-19(11-14-5-2-1-3-6-14)22-16-8-4-7-15(12-16)20-23-17-13-21-10-9-18(17)25-20/h1-10,12-13H,11H2,(H,22,24). The minimum atomic E-state index is -0.0647. The van der Waals surface area contributed by atoms with Gasteiger partial charge in [-0.05, 0) is 23.8 Å². The van der Waals surface area contributed by atoms with Crippen LogP contribution in [0.3, 0.4) is 0 Å². The first-order chi connectivity index (χ1) is 12.3. The Hall–Kier alpha value is -3.47. The zero-order chi connectivity index (χ0) is 17.1. The van der Waals surface area contributed by atoms with Crippen molar-refractivity contribution in [2.75, 3.05) is 5.32 Å². The van der Waals surface area contributed by atoms with Gasteiger partial charge < -0.3 is 9.73 Å². The Kier molecular flexibility index (Phi) is 3.96. The van der Waals surface area contributed by atoms with Gasteiger partial charge in [-0.3, -0.25) is 9.78 Å². The van der Waals surface area contributed by atoms with E-state index in [1.54, 1.807) is 18.5 Å². The molecule has 0 bridgehead atoms. The number of hydrogen-bond acceptors (Lipinski definition) is 4. The molecule has 1 N–H and O–H groups in total. The van der Waals surface area contributed by atoms with Crippen molar-refractivity contribution in [2.45, 2.75) is 6.42 Å². The first-order valence-electron chi connectivity index (χ1n) is 7.93. The Morgan fingerprint density at radius 2 is 1.92 bits per heavy atom. The maximum atomic E-state index is 12.2. The highest BCUT2D eigenvalue weighted by Crippen LogP contribution is 2.25. The molecule has 0 saturated carbocycles. The van der Waals surface area contributed by atoms with Crippen LogP contribution in [-0.4, -0.2) is 15.9 Å². The Morgan fingerprint density at radius 1 is 1.04 bits per heavy atom. The number of nitrogens with zero attached hydrogens (tertiary/aromatic N) is 2. The number of anilines is 1. The number of fused-ring (bicyclic) bond motifs is 1. The van der Waals surface area contributed by atoms with E-state index < -0.39 is 0 Å². The first-order valence-corrected chi connectivity index (χ1v) is 7.93. The van der Waals surface area contributed by atoms with Crippen LogP contribution in [0.2, 0.25) is 0 Å². The van der Waals surface area contributed by atoms with Crippen LogP contribution >= 0.6 is 0 Å². The number of carbonyl (C=O) groups is 1. The van der Waals surface area contributed by atoms with Crippen LogP contribution < -0.4 is 5.32 Å². The summed E-state index contributed by atoms with van der Waals surface area (Å²) in [6, 6.07) is 18.9. The summed E-state index contributed by atoms with van der Waals surface area (Å²) in [7, 11) is 0. The summed E-state index contributed by atoms with van der Waals surface area (Å²) in [4.78, 5) is 20.7. The Morgan fingerprint density at radius 3 is 2.76 bits per heavy atom. The Balaban J connectivity index is 1.54. The van der Waals surface area contributed by atoms with Gasteiger partial charge in [-0.25, -0.2) is 4.98 Å². The molecular weight excluding hydrogens is 314 g/mol. The van der Waals surface area contributed by atoms with Gasteiger partial charge in [0.1, 0.15) is 5.52 Å². The van der Waals surface area contributed by atoms with Gasteiger partial charge in [-0.2, -0.15) is 0 Å². The lowest BCUT2D eigenvalue weighted by Crippen LogP contribution is -2.14. The third kappa shape index (κ3) is 3.40. The summed E-state index contributed by atoms with van der Waals surface area (Å²) < 4.78 is 5.75. The lowest BCUT2D eigenvalue weighted by molar-refractivity contribution is -0.115. The summed E-state index contributed by atoms with van der Waals surface area (Å²) in [5, 5.41) is 2.91. The minimum Gasteiger partial charge on any atom is -0.436 e. The van der Waals surface area contributed by atoms with Crippen molar-refractivity contribution in [3.8, 4) is 11.5 Å². The van der Waals surface area contributed by atoms with E-state index in [0.29, 0.717) is 29.1 Å². The van der Waals surface area contributed by atoms with Crippen molar-refractivity contribution in [3.05, 3.63) is 78.6 Å². The highest BCUT2D eigenvalue weighted by atomic mass is 16.3. The summed E-state index contributed by atoms with van der Waals surface area (Å²) in [5.74, 6) is 0.437. The van der Waals surface area contributed by atoms with Gasteiger partial charge in [0, 0.05) is 23.5 Å². The van der Waals surface area contributed by atoms with Gasteiger partial charge in [-0.1, -0.05) is 36.4 Å². The molecule has 2 aromatic carbocycles. The second-order valence-corrected chi connectivity index (χ2v) is 5.65. The number of hydrogen-bond donors (Lipinski definition) is 1. The van der Waals surface area contributed by atoms with E-state index in [1.807, 2.05) is 54.6 Å². The number of rotatable bonds is 4. The van der Waals surface area contributed by atoms with Crippen LogP contribution in [0.25, 0.3) is 22.6 Å². The molecule has 25 heavy (non-hydrogen) atoms. The smallest absolute Gasteiger partial charge is 0.228 e. The van der Waals surface area contributed by atoms with Crippen molar-refractivity contribution >= 4 is 22.7 Å². The molecule has 5 heteroatoms. The maximum absolute atomic E-state index is 12.2. The van der Waals surface area contributed by atoms with Gasteiger partial charge in [0.25, 0.3) is 0 Å². The number of nitrogens with one attached hydrogen (secondary N) is 1. The molecule has 2 heterocycles. The second kappa shape index (κ2) is 6.57. The molecule has 4 rings (SSSR count). The number of aromatic nitrogens is 2. The molecule has 0 aliphatic carbocycles. The van der Waals surface area contributed by atoms with Crippen molar-refractivity contribution in [1.29, 1.82) is 0 Å². The lowest BCUT2D eigenvalue weighted by atomic mass is 10.1. The number of oxazole rings is 1. The van der Waals surface area contributed by atoms with E-state index in [2.05, 4.69) is 15.3 Å². The molecule has 0 unspecified atom stereocenters. The fraction of sp³-hybridized carbons (Fsp3) is 0.0500. The number of benzene rings is 2. The van der Waals surface area contributed by atoms with E-state index in [0.717, 1.165) is 11.1 Å². The average Bonchev–Trinajstić information content (AvgIpc) is 3.07. The van der Waals surface area contributed by atoms with Gasteiger partial charge >= 0.3 is 0 Å². The number of amides is 1. The van der Waals surface area contributed by atoms with Crippen LogP contribution in [0, 0.1) is 0 Å². The minimum absolute atomic E-state index is 0.0647. The van der Waals surface area contributed by atoms with Gasteiger partial charge in [0.2, 0.25) is 11.8 Å². The molecule has 0 saturated heterocycles. The Labute approximate surface area is 144 Å². The highest BCUT2D eigenvalue weighted by Gasteiger charge is 2.10. The molecule has 0 radical (unpaired) electrons. The van der Waals surface area contributed by atoms with E-state index in [-0.39, 0.29) is 5.91 Å². The molecule has 0 aliphatic heterocycles. The fourth-order valence-electron chi connectivity index (χ4n) is 2.62. The maximum Gasteiger partial charge on any atom is 0.228 e. The Bertz CT molecular complexity index is 992. The summed E-state index contributed by atoms with van der Waals surface area (Å²) in [5.41, 5.74) is 3.87. The molecule has 2 aromatic heterocycles.